The van der Waals surface area contributed by atoms with Crippen molar-refractivity contribution < 1.29 is 9.59 Å². The molecule has 1 aromatic carbocycles. The van der Waals surface area contributed by atoms with E-state index in [4.69, 9.17) is 11.0 Å². The molecule has 0 bridgehead atoms. The third-order valence-corrected chi connectivity index (χ3v) is 4.59. The summed E-state index contributed by atoms with van der Waals surface area (Å²) in [6, 6.07) is 8.72. The predicted octanol–water partition coefficient (Wildman–Crippen LogP) is 0.855. The Morgan fingerprint density at radius 1 is 1.25 bits per heavy atom. The van der Waals surface area contributed by atoms with Crippen LogP contribution in [0.1, 0.15) is 17.2 Å². The standard InChI is InChI=1S/C17H19N5O2/c1-20-13-10-22(7-6-18)15(12-5-3-4-11(8-12)9-19)14(13)16(23)21(2)17(20)24/h3-5,8,10,14-15H,6-7,18H2,1-2H3. The van der Waals surface area contributed by atoms with Gasteiger partial charge in [0.25, 0.3) is 0 Å². The lowest BCUT2D eigenvalue weighted by Gasteiger charge is -2.37. The van der Waals surface area contributed by atoms with E-state index in [1.807, 2.05) is 17.2 Å². The summed E-state index contributed by atoms with van der Waals surface area (Å²) in [7, 11) is 3.16. The van der Waals surface area contributed by atoms with Gasteiger partial charge in [-0.25, -0.2) is 4.79 Å². The maximum absolute atomic E-state index is 12.8. The topological polar surface area (TPSA) is 93.7 Å². The van der Waals surface area contributed by atoms with E-state index in [9.17, 15) is 9.59 Å². The summed E-state index contributed by atoms with van der Waals surface area (Å²) in [5.74, 6) is -0.727. The second kappa shape index (κ2) is 5.98. The molecule has 24 heavy (non-hydrogen) atoms. The molecule has 1 aromatic rings. The monoisotopic (exact) mass is 325 g/mol. The maximum Gasteiger partial charge on any atom is 0.330 e. The van der Waals surface area contributed by atoms with Gasteiger partial charge < -0.3 is 10.6 Å². The van der Waals surface area contributed by atoms with Gasteiger partial charge in [-0.15, -0.1) is 0 Å². The lowest BCUT2D eigenvalue weighted by atomic mass is 9.89. The van der Waals surface area contributed by atoms with Gasteiger partial charge in [-0.3, -0.25) is 14.6 Å². The first-order valence-electron chi connectivity index (χ1n) is 7.72. The van der Waals surface area contributed by atoms with Crippen LogP contribution in [0.4, 0.5) is 4.79 Å². The Kier molecular flexibility index (Phi) is 3.99. The number of carbonyl (C=O) groups excluding carboxylic acids is 2. The predicted molar refractivity (Wildman–Crippen MR) is 87.2 cm³/mol. The van der Waals surface area contributed by atoms with Crippen LogP contribution in [0.2, 0.25) is 0 Å². The molecule has 0 saturated carbocycles. The minimum atomic E-state index is -0.488. The molecule has 1 saturated heterocycles. The van der Waals surface area contributed by atoms with Crippen LogP contribution in [0, 0.1) is 17.2 Å². The van der Waals surface area contributed by atoms with Gasteiger partial charge in [0, 0.05) is 33.4 Å². The van der Waals surface area contributed by atoms with E-state index in [0.717, 1.165) is 10.5 Å². The van der Waals surface area contributed by atoms with E-state index in [1.54, 1.807) is 25.2 Å². The lowest BCUT2D eigenvalue weighted by molar-refractivity contribution is -0.133. The van der Waals surface area contributed by atoms with E-state index < -0.39 is 5.92 Å². The van der Waals surface area contributed by atoms with Crippen LogP contribution in [0.15, 0.2) is 36.2 Å². The number of benzene rings is 1. The minimum absolute atomic E-state index is 0.240. The van der Waals surface area contributed by atoms with Crippen molar-refractivity contribution >= 4 is 11.9 Å². The second-order valence-electron chi connectivity index (χ2n) is 5.98. The molecular weight excluding hydrogens is 306 g/mol. The van der Waals surface area contributed by atoms with Gasteiger partial charge >= 0.3 is 6.03 Å². The second-order valence-corrected chi connectivity index (χ2v) is 5.98. The Labute approximate surface area is 140 Å². The summed E-state index contributed by atoms with van der Waals surface area (Å²) in [4.78, 5) is 29.6. The fourth-order valence-electron chi connectivity index (χ4n) is 3.41. The van der Waals surface area contributed by atoms with Crippen molar-refractivity contribution in [1.29, 1.82) is 5.26 Å². The van der Waals surface area contributed by atoms with Gasteiger partial charge in [0.15, 0.2) is 0 Å². The molecule has 124 valence electrons. The number of nitriles is 1. The van der Waals surface area contributed by atoms with Crippen molar-refractivity contribution in [2.75, 3.05) is 27.2 Å². The molecule has 2 aliphatic rings. The first kappa shape index (κ1) is 16.0. The Bertz CT molecular complexity index is 766. The summed E-state index contributed by atoms with van der Waals surface area (Å²) in [6.45, 7) is 0.979. The van der Waals surface area contributed by atoms with Gasteiger partial charge in [-0.1, -0.05) is 12.1 Å². The SMILES string of the molecule is CN1C(=O)C2C(=CN(CCN)C2c2cccc(C#N)c2)N(C)C1=O. The number of carbonyl (C=O) groups is 2. The first-order chi connectivity index (χ1) is 11.5. The van der Waals surface area contributed by atoms with Crippen molar-refractivity contribution in [3.05, 3.63) is 47.3 Å². The fraction of sp³-hybridized carbons (Fsp3) is 0.353. The van der Waals surface area contributed by atoms with Gasteiger partial charge in [0.2, 0.25) is 5.91 Å². The molecular formula is C17H19N5O2. The highest BCUT2D eigenvalue weighted by Gasteiger charge is 2.49. The number of fused-ring (bicyclic) bond motifs is 1. The highest BCUT2D eigenvalue weighted by Crippen LogP contribution is 2.44. The van der Waals surface area contributed by atoms with E-state index >= 15 is 0 Å². The molecule has 2 aliphatic heterocycles. The molecule has 1 fully saturated rings. The smallest absolute Gasteiger partial charge is 0.330 e. The normalized spacial score (nSPS) is 23.2. The molecule has 3 rings (SSSR count). The number of nitrogens with two attached hydrogens (primary N) is 1. The number of imide groups is 1. The van der Waals surface area contributed by atoms with Crippen molar-refractivity contribution in [2.45, 2.75) is 6.04 Å². The summed E-state index contributed by atoms with van der Waals surface area (Å²) >= 11 is 0. The number of urea groups is 1. The molecule has 2 atom stereocenters. The van der Waals surface area contributed by atoms with Gasteiger partial charge in [0.1, 0.15) is 5.92 Å². The molecule has 3 amide bonds. The molecule has 7 heteroatoms. The average Bonchev–Trinajstić information content (AvgIpc) is 2.98. The fourth-order valence-corrected chi connectivity index (χ4v) is 3.41. The highest BCUT2D eigenvalue weighted by molar-refractivity contribution is 6.01. The van der Waals surface area contributed by atoms with E-state index in [1.165, 1.54) is 11.9 Å². The van der Waals surface area contributed by atoms with Crippen molar-refractivity contribution in [3.8, 4) is 6.07 Å². The van der Waals surface area contributed by atoms with Crippen LogP contribution in [0.3, 0.4) is 0 Å². The van der Waals surface area contributed by atoms with Gasteiger partial charge in [0.05, 0.1) is 23.4 Å². The summed E-state index contributed by atoms with van der Waals surface area (Å²) in [5.41, 5.74) is 7.79. The average molecular weight is 325 g/mol. The molecule has 0 aromatic heterocycles. The largest absolute Gasteiger partial charge is 0.366 e. The summed E-state index contributed by atoms with van der Waals surface area (Å²) in [6.07, 6.45) is 1.84. The Balaban J connectivity index is 2.08. The highest BCUT2D eigenvalue weighted by atomic mass is 16.2. The van der Waals surface area contributed by atoms with Crippen LogP contribution in [0.25, 0.3) is 0 Å². The number of rotatable bonds is 3. The molecule has 2 N–H and O–H groups in total. The van der Waals surface area contributed by atoms with E-state index in [-0.39, 0.29) is 18.0 Å². The Morgan fingerprint density at radius 3 is 2.67 bits per heavy atom. The molecule has 2 unspecified atom stereocenters. The minimum Gasteiger partial charge on any atom is -0.366 e. The zero-order valence-corrected chi connectivity index (χ0v) is 13.6. The molecule has 2 heterocycles. The maximum atomic E-state index is 12.8. The van der Waals surface area contributed by atoms with Crippen LogP contribution in [0.5, 0.6) is 0 Å². The third-order valence-electron chi connectivity index (χ3n) is 4.59. The molecule has 0 aliphatic carbocycles. The zero-order chi connectivity index (χ0) is 17.4. The molecule has 7 nitrogen and oxygen atoms in total. The molecule has 0 spiro atoms. The zero-order valence-electron chi connectivity index (χ0n) is 13.6. The van der Waals surface area contributed by atoms with Crippen LogP contribution >= 0.6 is 0 Å². The quantitative estimate of drug-likeness (QED) is 0.889. The summed E-state index contributed by atoms with van der Waals surface area (Å²) in [5, 5.41) is 9.15. The van der Waals surface area contributed by atoms with Crippen LogP contribution < -0.4 is 5.73 Å². The van der Waals surface area contributed by atoms with Gasteiger partial charge in [-0.2, -0.15) is 5.26 Å². The van der Waals surface area contributed by atoms with Crippen molar-refractivity contribution in [2.24, 2.45) is 11.7 Å². The van der Waals surface area contributed by atoms with Crippen LogP contribution in [-0.4, -0.2) is 53.8 Å². The number of amides is 3. The number of nitrogens with zero attached hydrogens (tertiary/aromatic N) is 4. The third kappa shape index (κ3) is 2.32. The Hall–Kier alpha value is -2.85. The van der Waals surface area contributed by atoms with E-state index in [2.05, 4.69) is 6.07 Å². The lowest BCUT2D eigenvalue weighted by Crippen LogP contribution is -2.52. The number of hydrogen-bond donors (Lipinski definition) is 1. The Morgan fingerprint density at radius 2 is 2.00 bits per heavy atom. The summed E-state index contributed by atoms with van der Waals surface area (Å²) < 4.78 is 0. The van der Waals surface area contributed by atoms with E-state index in [0.29, 0.717) is 24.4 Å². The number of hydrogen-bond acceptors (Lipinski definition) is 5. The van der Waals surface area contributed by atoms with Crippen molar-refractivity contribution in [3.63, 3.8) is 0 Å². The van der Waals surface area contributed by atoms with Gasteiger partial charge in [-0.05, 0) is 17.7 Å². The van der Waals surface area contributed by atoms with Crippen molar-refractivity contribution in [1.82, 2.24) is 14.7 Å². The molecule has 0 radical (unpaired) electrons. The first-order valence-corrected chi connectivity index (χ1v) is 7.72. The van der Waals surface area contributed by atoms with Crippen LogP contribution in [-0.2, 0) is 4.79 Å².